The Morgan fingerprint density at radius 2 is 2.03 bits per heavy atom. The Balaban J connectivity index is 1.77. The monoisotopic (exact) mass is 411 g/mol. The standard InChI is InChI=1S/C21H22ClN5O2/c1-13-20(28)27(16-5-3-4-14(10-16)11-23)18-12-24-21(22)25-19(18)26(13)15-6-8-17(29-2)9-7-15/h3-5,10,12-13,15,17H,6-9H2,1-2H3/t13-,15?,17?/m1/s1. The van der Waals surface area contributed by atoms with E-state index in [1.807, 2.05) is 13.0 Å². The molecular weight excluding hydrogens is 390 g/mol. The van der Waals surface area contributed by atoms with Gasteiger partial charge < -0.3 is 9.64 Å². The van der Waals surface area contributed by atoms with E-state index < -0.39 is 6.04 Å². The zero-order valence-electron chi connectivity index (χ0n) is 16.4. The van der Waals surface area contributed by atoms with Crippen LogP contribution >= 0.6 is 11.6 Å². The number of methoxy groups -OCH3 is 1. The van der Waals surface area contributed by atoms with E-state index in [1.54, 1.807) is 36.4 Å². The van der Waals surface area contributed by atoms with Gasteiger partial charge >= 0.3 is 0 Å². The third kappa shape index (κ3) is 3.54. The van der Waals surface area contributed by atoms with Crippen molar-refractivity contribution in [3.05, 3.63) is 41.3 Å². The van der Waals surface area contributed by atoms with E-state index in [-0.39, 0.29) is 23.3 Å². The number of carbonyl (C=O) groups is 1. The van der Waals surface area contributed by atoms with Crippen molar-refractivity contribution < 1.29 is 9.53 Å². The minimum Gasteiger partial charge on any atom is -0.381 e. The molecule has 8 heteroatoms. The van der Waals surface area contributed by atoms with Crippen LogP contribution in [0.15, 0.2) is 30.5 Å². The molecule has 1 aromatic carbocycles. The minimum absolute atomic E-state index is 0.0765. The Bertz CT molecular complexity index is 968. The van der Waals surface area contributed by atoms with Crippen molar-refractivity contribution in [2.75, 3.05) is 16.9 Å². The summed E-state index contributed by atoms with van der Waals surface area (Å²) in [6.45, 7) is 1.89. The number of amides is 1. The normalized spacial score (nSPS) is 24.2. The van der Waals surface area contributed by atoms with Gasteiger partial charge in [0.2, 0.25) is 5.28 Å². The number of nitriles is 1. The highest BCUT2D eigenvalue weighted by molar-refractivity contribution is 6.28. The van der Waals surface area contributed by atoms with Crippen LogP contribution in [0.1, 0.15) is 38.2 Å². The van der Waals surface area contributed by atoms with Gasteiger partial charge in [0.1, 0.15) is 11.7 Å². The van der Waals surface area contributed by atoms with E-state index in [0.717, 1.165) is 25.7 Å². The molecule has 0 saturated heterocycles. The molecule has 7 nitrogen and oxygen atoms in total. The Morgan fingerprint density at radius 1 is 1.28 bits per heavy atom. The van der Waals surface area contributed by atoms with Gasteiger partial charge in [-0.2, -0.15) is 10.2 Å². The first-order chi connectivity index (χ1) is 14.0. The molecule has 0 radical (unpaired) electrons. The molecule has 2 heterocycles. The first-order valence-corrected chi connectivity index (χ1v) is 10.1. The summed E-state index contributed by atoms with van der Waals surface area (Å²) in [6.07, 6.45) is 5.57. The number of nitrogens with zero attached hydrogens (tertiary/aromatic N) is 5. The molecule has 4 rings (SSSR count). The maximum absolute atomic E-state index is 13.4. The SMILES string of the molecule is COC1CCC(N2c3nc(Cl)ncc3N(c3cccc(C#N)c3)C(=O)[C@H]2C)CC1. The van der Waals surface area contributed by atoms with Gasteiger partial charge in [0.05, 0.1) is 29.6 Å². The summed E-state index contributed by atoms with van der Waals surface area (Å²) >= 11 is 6.14. The molecule has 0 unspecified atom stereocenters. The average Bonchev–Trinajstić information content (AvgIpc) is 2.75. The lowest BCUT2D eigenvalue weighted by atomic mass is 9.90. The second kappa shape index (κ2) is 7.97. The van der Waals surface area contributed by atoms with Crippen molar-refractivity contribution in [3.63, 3.8) is 0 Å². The van der Waals surface area contributed by atoms with Gasteiger partial charge in [-0.15, -0.1) is 0 Å². The fraction of sp³-hybridized carbons (Fsp3) is 0.429. The van der Waals surface area contributed by atoms with Gasteiger partial charge in [-0.05, 0) is 62.4 Å². The van der Waals surface area contributed by atoms with Crippen LogP contribution in [0.3, 0.4) is 0 Å². The summed E-state index contributed by atoms with van der Waals surface area (Å²) in [4.78, 5) is 25.7. The zero-order valence-corrected chi connectivity index (χ0v) is 17.1. The summed E-state index contributed by atoms with van der Waals surface area (Å²) in [5.74, 6) is 0.577. The van der Waals surface area contributed by atoms with Crippen molar-refractivity contribution in [1.29, 1.82) is 5.26 Å². The number of halogens is 1. The molecule has 1 saturated carbocycles. The highest BCUT2D eigenvalue weighted by Crippen LogP contribution is 2.42. The molecule has 1 atom stereocenters. The molecule has 150 valence electrons. The van der Waals surface area contributed by atoms with Gasteiger partial charge in [0.15, 0.2) is 5.82 Å². The highest BCUT2D eigenvalue weighted by Gasteiger charge is 2.42. The summed E-state index contributed by atoms with van der Waals surface area (Å²) in [6, 6.07) is 8.87. The van der Waals surface area contributed by atoms with E-state index in [2.05, 4.69) is 20.9 Å². The fourth-order valence-corrected chi connectivity index (χ4v) is 4.46. The van der Waals surface area contributed by atoms with Gasteiger partial charge in [0, 0.05) is 13.2 Å². The number of hydrogen-bond acceptors (Lipinski definition) is 6. The number of aromatic nitrogens is 2. The Labute approximate surface area is 174 Å². The van der Waals surface area contributed by atoms with Crippen LogP contribution in [-0.4, -0.2) is 41.2 Å². The predicted octanol–water partition coefficient (Wildman–Crippen LogP) is 3.83. The zero-order chi connectivity index (χ0) is 20.5. The lowest BCUT2D eigenvalue weighted by Gasteiger charge is -2.46. The van der Waals surface area contributed by atoms with Crippen LogP contribution in [0, 0.1) is 11.3 Å². The predicted molar refractivity (Wildman–Crippen MR) is 110 cm³/mol. The number of hydrogen-bond donors (Lipinski definition) is 0. The smallest absolute Gasteiger partial charge is 0.254 e. The molecule has 1 amide bonds. The van der Waals surface area contributed by atoms with Gasteiger partial charge in [-0.3, -0.25) is 9.69 Å². The second-order valence-corrected chi connectivity index (χ2v) is 7.77. The third-order valence-corrected chi connectivity index (χ3v) is 5.99. The lowest BCUT2D eigenvalue weighted by molar-refractivity contribution is -0.119. The largest absolute Gasteiger partial charge is 0.381 e. The van der Waals surface area contributed by atoms with E-state index in [1.165, 1.54) is 0 Å². The second-order valence-electron chi connectivity index (χ2n) is 7.43. The van der Waals surface area contributed by atoms with Crippen molar-refractivity contribution in [2.45, 2.75) is 50.8 Å². The van der Waals surface area contributed by atoms with E-state index in [4.69, 9.17) is 16.3 Å². The molecule has 0 spiro atoms. The van der Waals surface area contributed by atoms with Crippen LogP contribution in [-0.2, 0) is 9.53 Å². The number of benzene rings is 1. The van der Waals surface area contributed by atoms with Gasteiger partial charge in [0.25, 0.3) is 5.91 Å². The van der Waals surface area contributed by atoms with Crippen LogP contribution in [0.25, 0.3) is 0 Å². The van der Waals surface area contributed by atoms with E-state index >= 15 is 0 Å². The van der Waals surface area contributed by atoms with Crippen LogP contribution in [0.4, 0.5) is 17.2 Å². The number of rotatable bonds is 3. The first-order valence-electron chi connectivity index (χ1n) is 9.71. The van der Waals surface area contributed by atoms with Crippen LogP contribution < -0.4 is 9.80 Å². The number of carbonyl (C=O) groups excluding carboxylic acids is 1. The first kappa shape index (κ1) is 19.6. The number of ether oxygens (including phenoxy) is 1. The summed E-state index contributed by atoms with van der Waals surface area (Å²) in [7, 11) is 1.74. The molecule has 0 N–H and O–H groups in total. The Kier molecular flexibility index (Phi) is 5.39. The fourth-order valence-electron chi connectivity index (χ4n) is 4.33. The van der Waals surface area contributed by atoms with E-state index in [0.29, 0.717) is 22.8 Å². The quantitative estimate of drug-likeness (QED) is 0.714. The van der Waals surface area contributed by atoms with Crippen molar-refractivity contribution in [2.24, 2.45) is 0 Å². The molecule has 29 heavy (non-hydrogen) atoms. The number of anilines is 3. The van der Waals surface area contributed by atoms with Crippen LogP contribution in [0.2, 0.25) is 5.28 Å². The molecule has 1 fully saturated rings. The molecule has 0 bridgehead atoms. The molecule has 2 aliphatic rings. The molecule has 1 aliphatic heterocycles. The van der Waals surface area contributed by atoms with Crippen molar-refractivity contribution in [3.8, 4) is 6.07 Å². The molecule has 1 aromatic heterocycles. The summed E-state index contributed by atoms with van der Waals surface area (Å²) < 4.78 is 5.49. The molecule has 2 aromatic rings. The lowest BCUT2D eigenvalue weighted by Crippen LogP contribution is -2.55. The maximum Gasteiger partial charge on any atom is 0.254 e. The summed E-state index contributed by atoms with van der Waals surface area (Å²) in [5.41, 5.74) is 1.69. The topological polar surface area (TPSA) is 82.3 Å². The van der Waals surface area contributed by atoms with Gasteiger partial charge in [-0.25, -0.2) is 4.98 Å². The number of fused-ring (bicyclic) bond motifs is 1. The van der Waals surface area contributed by atoms with Crippen LogP contribution in [0.5, 0.6) is 0 Å². The van der Waals surface area contributed by atoms with E-state index in [9.17, 15) is 10.1 Å². The molecule has 1 aliphatic carbocycles. The van der Waals surface area contributed by atoms with Gasteiger partial charge in [-0.1, -0.05) is 6.07 Å². The maximum atomic E-state index is 13.4. The molecular formula is C21H22ClN5O2. The minimum atomic E-state index is -0.414. The third-order valence-electron chi connectivity index (χ3n) is 5.81. The highest BCUT2D eigenvalue weighted by atomic mass is 35.5. The van der Waals surface area contributed by atoms with Crippen molar-refractivity contribution >= 4 is 34.7 Å². The Morgan fingerprint density at radius 3 is 2.72 bits per heavy atom. The average molecular weight is 412 g/mol. The summed E-state index contributed by atoms with van der Waals surface area (Å²) in [5, 5.41) is 9.39. The van der Waals surface area contributed by atoms with Crippen molar-refractivity contribution in [1.82, 2.24) is 9.97 Å². The Hall–Kier alpha value is -2.69.